The Morgan fingerprint density at radius 2 is 1.96 bits per heavy atom. The molecule has 128 valence electrons. The maximum Gasteiger partial charge on any atom is 0.251 e. The van der Waals surface area contributed by atoms with Crippen LogP contribution in [0.4, 0.5) is 0 Å². The minimum absolute atomic E-state index is 0.100. The number of carbonyl (C=O) groups excluding carboxylic acids is 1. The number of hydrogen-bond acceptors (Lipinski definition) is 4. The summed E-state index contributed by atoms with van der Waals surface area (Å²) in [6.07, 6.45) is 2.42. The SMILES string of the molecule is CNS(=O)(=O)c1ccc(C)c(C(=O)NC[C@@H](C)N2CCCC2)c1. The molecule has 2 N–H and O–H groups in total. The summed E-state index contributed by atoms with van der Waals surface area (Å²) in [5.74, 6) is -0.235. The highest BCUT2D eigenvalue weighted by Gasteiger charge is 2.20. The molecule has 1 aliphatic rings. The van der Waals surface area contributed by atoms with Gasteiger partial charge in [-0.05, 0) is 64.5 Å². The predicted molar refractivity (Wildman–Crippen MR) is 90.0 cm³/mol. The second kappa shape index (κ2) is 7.42. The van der Waals surface area contributed by atoms with Crippen LogP contribution in [0.15, 0.2) is 23.1 Å². The van der Waals surface area contributed by atoms with E-state index in [2.05, 4.69) is 21.9 Å². The molecule has 1 saturated heterocycles. The van der Waals surface area contributed by atoms with Gasteiger partial charge in [0, 0.05) is 18.2 Å². The molecule has 1 atom stereocenters. The Morgan fingerprint density at radius 3 is 2.57 bits per heavy atom. The van der Waals surface area contributed by atoms with Crippen molar-refractivity contribution in [2.75, 3.05) is 26.7 Å². The van der Waals surface area contributed by atoms with Crippen molar-refractivity contribution in [2.24, 2.45) is 0 Å². The van der Waals surface area contributed by atoms with Crippen molar-refractivity contribution in [2.45, 2.75) is 37.6 Å². The van der Waals surface area contributed by atoms with Gasteiger partial charge in [-0.2, -0.15) is 0 Å². The lowest BCUT2D eigenvalue weighted by molar-refractivity contribution is 0.0939. The molecule has 0 bridgehead atoms. The van der Waals surface area contributed by atoms with Crippen LogP contribution >= 0.6 is 0 Å². The average molecular weight is 339 g/mol. The van der Waals surface area contributed by atoms with Gasteiger partial charge in [0.15, 0.2) is 0 Å². The van der Waals surface area contributed by atoms with E-state index in [1.54, 1.807) is 13.0 Å². The molecule has 1 amide bonds. The minimum atomic E-state index is -3.55. The number of hydrogen-bond donors (Lipinski definition) is 2. The van der Waals surface area contributed by atoms with Gasteiger partial charge >= 0.3 is 0 Å². The summed E-state index contributed by atoms with van der Waals surface area (Å²) in [4.78, 5) is 14.9. The first-order valence-electron chi connectivity index (χ1n) is 7.91. The molecule has 23 heavy (non-hydrogen) atoms. The number of aryl methyl sites for hydroxylation is 1. The van der Waals surface area contributed by atoms with Crippen molar-refractivity contribution in [3.63, 3.8) is 0 Å². The monoisotopic (exact) mass is 339 g/mol. The van der Waals surface area contributed by atoms with Crippen LogP contribution < -0.4 is 10.0 Å². The van der Waals surface area contributed by atoms with E-state index >= 15 is 0 Å². The van der Waals surface area contributed by atoms with Crippen LogP contribution in [0.3, 0.4) is 0 Å². The highest BCUT2D eigenvalue weighted by atomic mass is 32.2. The topological polar surface area (TPSA) is 78.5 Å². The highest BCUT2D eigenvalue weighted by Crippen LogP contribution is 2.16. The zero-order valence-corrected chi connectivity index (χ0v) is 14.7. The van der Waals surface area contributed by atoms with Crippen molar-refractivity contribution >= 4 is 15.9 Å². The molecule has 0 spiro atoms. The number of nitrogens with zero attached hydrogens (tertiary/aromatic N) is 1. The Kier molecular flexibility index (Phi) is 5.78. The maximum atomic E-state index is 12.4. The lowest BCUT2D eigenvalue weighted by Gasteiger charge is -2.24. The molecular formula is C16H25N3O3S. The molecule has 0 unspecified atom stereocenters. The summed E-state index contributed by atoms with van der Waals surface area (Å²) >= 11 is 0. The first-order chi connectivity index (χ1) is 10.8. The van der Waals surface area contributed by atoms with E-state index in [4.69, 9.17) is 0 Å². The third kappa shape index (κ3) is 4.31. The summed E-state index contributed by atoms with van der Waals surface area (Å²) in [6, 6.07) is 4.87. The summed E-state index contributed by atoms with van der Waals surface area (Å²) in [7, 11) is -2.20. The average Bonchev–Trinajstić information content (AvgIpc) is 3.07. The lowest BCUT2D eigenvalue weighted by Crippen LogP contribution is -2.40. The second-order valence-corrected chi connectivity index (χ2v) is 7.87. The van der Waals surface area contributed by atoms with Gasteiger partial charge in [0.2, 0.25) is 10.0 Å². The largest absolute Gasteiger partial charge is 0.350 e. The van der Waals surface area contributed by atoms with Gasteiger partial charge < -0.3 is 5.32 Å². The number of amides is 1. The van der Waals surface area contributed by atoms with Crippen LogP contribution in [0.5, 0.6) is 0 Å². The molecule has 1 fully saturated rings. The Balaban J connectivity index is 2.08. The zero-order valence-electron chi connectivity index (χ0n) is 13.9. The number of benzene rings is 1. The molecule has 1 heterocycles. The lowest BCUT2D eigenvalue weighted by atomic mass is 10.1. The standard InChI is InChI=1S/C16H25N3O3S/c1-12-6-7-14(23(21,22)17-3)10-15(12)16(20)18-11-13(2)19-8-4-5-9-19/h6-7,10,13,17H,4-5,8-9,11H2,1-3H3,(H,18,20)/t13-/m1/s1. The molecule has 2 rings (SSSR count). The molecule has 0 aliphatic carbocycles. The number of sulfonamides is 1. The Morgan fingerprint density at radius 1 is 1.30 bits per heavy atom. The van der Waals surface area contributed by atoms with E-state index < -0.39 is 10.0 Å². The maximum absolute atomic E-state index is 12.4. The molecule has 1 aromatic carbocycles. The van der Waals surface area contributed by atoms with Crippen LogP contribution in [0.2, 0.25) is 0 Å². The van der Waals surface area contributed by atoms with E-state index in [0.717, 1.165) is 18.7 Å². The third-order valence-electron chi connectivity index (χ3n) is 4.35. The van der Waals surface area contributed by atoms with Crippen LogP contribution in [0.1, 0.15) is 35.7 Å². The van der Waals surface area contributed by atoms with Gasteiger partial charge in [0.25, 0.3) is 5.91 Å². The Hall–Kier alpha value is -1.44. The minimum Gasteiger partial charge on any atom is -0.350 e. The van der Waals surface area contributed by atoms with E-state index in [9.17, 15) is 13.2 Å². The Labute approximate surface area is 138 Å². The number of rotatable bonds is 6. The Bertz CT molecular complexity index is 667. The molecule has 1 aliphatic heterocycles. The molecule has 0 aromatic heterocycles. The van der Waals surface area contributed by atoms with E-state index in [0.29, 0.717) is 12.1 Å². The summed E-state index contributed by atoms with van der Waals surface area (Å²) in [5, 5.41) is 2.92. The van der Waals surface area contributed by atoms with E-state index in [1.165, 1.54) is 32.0 Å². The molecule has 6 nitrogen and oxygen atoms in total. The first-order valence-corrected chi connectivity index (χ1v) is 9.40. The molecule has 1 aromatic rings. The van der Waals surface area contributed by atoms with Crippen LogP contribution in [0.25, 0.3) is 0 Å². The van der Waals surface area contributed by atoms with Gasteiger partial charge in [-0.25, -0.2) is 13.1 Å². The predicted octanol–water partition coefficient (Wildman–Crippen LogP) is 1.12. The summed E-state index contributed by atoms with van der Waals surface area (Å²) in [6.45, 7) is 6.61. The van der Waals surface area contributed by atoms with Gasteiger partial charge in [0.05, 0.1) is 4.90 Å². The van der Waals surface area contributed by atoms with Crippen LogP contribution in [-0.4, -0.2) is 51.9 Å². The fraction of sp³-hybridized carbons (Fsp3) is 0.562. The summed E-state index contributed by atoms with van der Waals surface area (Å²) in [5.41, 5.74) is 1.15. The van der Waals surface area contributed by atoms with Crippen LogP contribution in [-0.2, 0) is 10.0 Å². The molecular weight excluding hydrogens is 314 g/mol. The van der Waals surface area contributed by atoms with Crippen molar-refractivity contribution < 1.29 is 13.2 Å². The van der Waals surface area contributed by atoms with Crippen molar-refractivity contribution in [3.05, 3.63) is 29.3 Å². The highest BCUT2D eigenvalue weighted by molar-refractivity contribution is 7.89. The number of nitrogens with one attached hydrogen (secondary N) is 2. The van der Waals surface area contributed by atoms with Crippen molar-refractivity contribution in [1.29, 1.82) is 0 Å². The van der Waals surface area contributed by atoms with Gasteiger partial charge in [-0.3, -0.25) is 9.69 Å². The number of likely N-dealkylation sites (tertiary alicyclic amines) is 1. The van der Waals surface area contributed by atoms with Crippen LogP contribution in [0, 0.1) is 6.92 Å². The van der Waals surface area contributed by atoms with E-state index in [1.807, 2.05) is 0 Å². The normalized spacial score (nSPS) is 17.2. The number of carbonyl (C=O) groups is 1. The fourth-order valence-electron chi connectivity index (χ4n) is 2.78. The second-order valence-electron chi connectivity index (χ2n) is 5.99. The van der Waals surface area contributed by atoms with Gasteiger partial charge in [-0.15, -0.1) is 0 Å². The molecule has 0 radical (unpaired) electrons. The smallest absolute Gasteiger partial charge is 0.251 e. The molecule has 7 heteroatoms. The fourth-order valence-corrected chi connectivity index (χ4v) is 3.53. The molecule has 0 saturated carbocycles. The van der Waals surface area contributed by atoms with Crippen molar-refractivity contribution in [3.8, 4) is 0 Å². The van der Waals surface area contributed by atoms with Crippen molar-refractivity contribution in [1.82, 2.24) is 14.9 Å². The van der Waals surface area contributed by atoms with Gasteiger partial charge in [-0.1, -0.05) is 6.07 Å². The quantitative estimate of drug-likeness (QED) is 0.814. The zero-order chi connectivity index (χ0) is 17.0. The first kappa shape index (κ1) is 17.9. The van der Waals surface area contributed by atoms with Gasteiger partial charge in [0.1, 0.15) is 0 Å². The third-order valence-corrected chi connectivity index (χ3v) is 5.77. The summed E-state index contributed by atoms with van der Waals surface area (Å²) < 4.78 is 26.0. The van der Waals surface area contributed by atoms with E-state index in [-0.39, 0.29) is 16.8 Å².